The van der Waals surface area contributed by atoms with E-state index in [1.807, 2.05) is 6.92 Å². The lowest BCUT2D eigenvalue weighted by molar-refractivity contribution is 0.0201. The van der Waals surface area contributed by atoms with Crippen molar-refractivity contribution in [2.24, 2.45) is 5.73 Å². The molecule has 4 heteroatoms. The maximum absolute atomic E-state index is 13.4. The standard InChI is InChI=1S/C11H16FNO2/c1-3-14-7-15-11-5-4-9(8(2)13)6-10(11)12/h4-6,8H,3,7,13H2,1-2H3. The first kappa shape index (κ1) is 11.9. The third-order valence-electron chi connectivity index (χ3n) is 1.98. The summed E-state index contributed by atoms with van der Waals surface area (Å²) in [5, 5.41) is 0. The summed E-state index contributed by atoms with van der Waals surface area (Å²) >= 11 is 0. The molecule has 0 saturated carbocycles. The minimum atomic E-state index is -0.412. The Morgan fingerprint density at radius 1 is 1.47 bits per heavy atom. The van der Waals surface area contributed by atoms with Crippen molar-refractivity contribution in [3.05, 3.63) is 29.6 Å². The van der Waals surface area contributed by atoms with Crippen molar-refractivity contribution in [1.82, 2.24) is 0 Å². The van der Waals surface area contributed by atoms with Gasteiger partial charge in [-0.2, -0.15) is 0 Å². The van der Waals surface area contributed by atoms with Crippen LogP contribution in [0.1, 0.15) is 25.5 Å². The van der Waals surface area contributed by atoms with Crippen molar-refractivity contribution < 1.29 is 13.9 Å². The molecule has 1 rings (SSSR count). The van der Waals surface area contributed by atoms with Gasteiger partial charge in [0.25, 0.3) is 0 Å². The molecule has 1 aromatic rings. The fourth-order valence-corrected chi connectivity index (χ4v) is 1.11. The first-order chi connectivity index (χ1) is 7.15. The molecule has 1 atom stereocenters. The molecule has 0 heterocycles. The maximum Gasteiger partial charge on any atom is 0.189 e. The van der Waals surface area contributed by atoms with Gasteiger partial charge in [0.15, 0.2) is 18.4 Å². The summed E-state index contributed by atoms with van der Waals surface area (Å²) in [7, 11) is 0. The molecular formula is C11H16FNO2. The molecule has 0 aliphatic rings. The molecule has 0 saturated heterocycles. The minimum absolute atomic E-state index is 0.0605. The molecular weight excluding hydrogens is 197 g/mol. The highest BCUT2D eigenvalue weighted by molar-refractivity contribution is 5.30. The average Bonchev–Trinajstić information content (AvgIpc) is 2.20. The summed E-state index contributed by atoms with van der Waals surface area (Å²) in [4.78, 5) is 0. The Balaban J connectivity index is 2.66. The van der Waals surface area contributed by atoms with E-state index < -0.39 is 5.82 Å². The Kier molecular flexibility index (Phi) is 4.52. The van der Waals surface area contributed by atoms with Gasteiger partial charge in [-0.05, 0) is 31.5 Å². The predicted octanol–water partition coefficient (Wildman–Crippen LogP) is 2.22. The summed E-state index contributed by atoms with van der Waals surface area (Å²) in [6, 6.07) is 4.51. The van der Waals surface area contributed by atoms with Crippen LogP contribution in [0.2, 0.25) is 0 Å². The molecule has 2 N–H and O–H groups in total. The van der Waals surface area contributed by atoms with Gasteiger partial charge in [0.2, 0.25) is 0 Å². The lowest BCUT2D eigenvalue weighted by Gasteiger charge is -2.10. The molecule has 0 bridgehead atoms. The van der Waals surface area contributed by atoms with Crippen LogP contribution in [0, 0.1) is 5.82 Å². The number of hydrogen-bond donors (Lipinski definition) is 1. The molecule has 0 fully saturated rings. The third-order valence-corrected chi connectivity index (χ3v) is 1.98. The Labute approximate surface area is 89.0 Å². The fourth-order valence-electron chi connectivity index (χ4n) is 1.11. The third kappa shape index (κ3) is 3.49. The highest BCUT2D eigenvalue weighted by Gasteiger charge is 2.06. The summed E-state index contributed by atoms with van der Waals surface area (Å²) < 4.78 is 23.4. The number of hydrogen-bond acceptors (Lipinski definition) is 3. The molecule has 0 aliphatic carbocycles. The second-order valence-electron chi connectivity index (χ2n) is 3.23. The zero-order chi connectivity index (χ0) is 11.3. The molecule has 3 nitrogen and oxygen atoms in total. The van der Waals surface area contributed by atoms with Gasteiger partial charge in [0.1, 0.15) is 0 Å². The van der Waals surface area contributed by atoms with Crippen LogP contribution in [0.4, 0.5) is 4.39 Å². The van der Waals surface area contributed by atoms with Gasteiger partial charge in [-0.15, -0.1) is 0 Å². The maximum atomic E-state index is 13.4. The molecule has 0 aromatic heterocycles. The van der Waals surface area contributed by atoms with E-state index in [9.17, 15) is 4.39 Å². The first-order valence-electron chi connectivity index (χ1n) is 4.90. The summed E-state index contributed by atoms with van der Waals surface area (Å²) in [6.45, 7) is 4.25. The number of benzene rings is 1. The van der Waals surface area contributed by atoms with Crippen LogP contribution >= 0.6 is 0 Å². The molecule has 0 aliphatic heterocycles. The zero-order valence-corrected chi connectivity index (χ0v) is 9.00. The Hall–Kier alpha value is -1.13. The van der Waals surface area contributed by atoms with E-state index in [2.05, 4.69) is 0 Å². The lowest BCUT2D eigenvalue weighted by Crippen LogP contribution is -2.07. The predicted molar refractivity (Wildman–Crippen MR) is 56.1 cm³/mol. The van der Waals surface area contributed by atoms with Crippen molar-refractivity contribution in [1.29, 1.82) is 0 Å². The van der Waals surface area contributed by atoms with Crippen molar-refractivity contribution in [2.75, 3.05) is 13.4 Å². The summed E-state index contributed by atoms with van der Waals surface area (Å²) in [6.07, 6.45) is 0. The summed E-state index contributed by atoms with van der Waals surface area (Å²) in [5.74, 6) is -0.225. The van der Waals surface area contributed by atoms with Crippen LogP contribution in [0.5, 0.6) is 5.75 Å². The van der Waals surface area contributed by atoms with E-state index in [1.165, 1.54) is 6.07 Å². The Bertz CT molecular complexity index is 315. The van der Waals surface area contributed by atoms with Crippen LogP contribution in [-0.2, 0) is 4.74 Å². The van der Waals surface area contributed by atoms with E-state index >= 15 is 0 Å². The van der Waals surface area contributed by atoms with E-state index in [0.717, 1.165) is 5.56 Å². The minimum Gasteiger partial charge on any atom is -0.464 e. The SMILES string of the molecule is CCOCOc1ccc(C(C)N)cc1F. The Morgan fingerprint density at radius 3 is 2.73 bits per heavy atom. The molecule has 0 radical (unpaired) electrons. The van der Waals surface area contributed by atoms with Crippen molar-refractivity contribution in [3.8, 4) is 5.75 Å². The fraction of sp³-hybridized carbons (Fsp3) is 0.455. The molecule has 84 valence electrons. The highest BCUT2D eigenvalue weighted by atomic mass is 19.1. The van der Waals surface area contributed by atoms with Crippen molar-refractivity contribution in [2.45, 2.75) is 19.9 Å². The van der Waals surface area contributed by atoms with Crippen LogP contribution in [0.3, 0.4) is 0 Å². The van der Waals surface area contributed by atoms with Crippen LogP contribution in [-0.4, -0.2) is 13.4 Å². The van der Waals surface area contributed by atoms with Crippen LogP contribution < -0.4 is 10.5 Å². The Morgan fingerprint density at radius 2 is 2.20 bits per heavy atom. The van der Waals surface area contributed by atoms with E-state index in [0.29, 0.717) is 6.61 Å². The largest absolute Gasteiger partial charge is 0.464 e. The highest BCUT2D eigenvalue weighted by Crippen LogP contribution is 2.20. The van der Waals surface area contributed by atoms with E-state index in [-0.39, 0.29) is 18.6 Å². The topological polar surface area (TPSA) is 44.5 Å². The van der Waals surface area contributed by atoms with Crippen molar-refractivity contribution >= 4 is 0 Å². The molecule has 1 aromatic carbocycles. The monoisotopic (exact) mass is 213 g/mol. The molecule has 0 amide bonds. The molecule has 15 heavy (non-hydrogen) atoms. The van der Waals surface area contributed by atoms with Gasteiger partial charge in [0.05, 0.1) is 0 Å². The first-order valence-corrected chi connectivity index (χ1v) is 4.90. The second kappa shape index (κ2) is 5.68. The number of rotatable bonds is 5. The van der Waals surface area contributed by atoms with Gasteiger partial charge >= 0.3 is 0 Å². The van der Waals surface area contributed by atoms with Gasteiger partial charge in [-0.25, -0.2) is 4.39 Å². The quantitative estimate of drug-likeness (QED) is 0.602. The number of halogens is 1. The average molecular weight is 213 g/mol. The van der Waals surface area contributed by atoms with E-state index in [1.54, 1.807) is 19.1 Å². The van der Waals surface area contributed by atoms with Gasteiger partial charge in [-0.3, -0.25) is 0 Å². The normalized spacial score (nSPS) is 12.5. The molecule has 0 spiro atoms. The zero-order valence-electron chi connectivity index (χ0n) is 9.00. The molecule has 1 unspecified atom stereocenters. The smallest absolute Gasteiger partial charge is 0.189 e. The summed E-state index contributed by atoms with van der Waals surface area (Å²) in [5.41, 5.74) is 6.37. The van der Waals surface area contributed by atoms with Crippen LogP contribution in [0.15, 0.2) is 18.2 Å². The van der Waals surface area contributed by atoms with Gasteiger partial charge < -0.3 is 15.2 Å². The number of ether oxygens (including phenoxy) is 2. The number of nitrogens with two attached hydrogens (primary N) is 1. The van der Waals surface area contributed by atoms with E-state index in [4.69, 9.17) is 15.2 Å². The second-order valence-corrected chi connectivity index (χ2v) is 3.23. The van der Waals surface area contributed by atoms with Gasteiger partial charge in [0, 0.05) is 12.6 Å². The van der Waals surface area contributed by atoms with Crippen LogP contribution in [0.25, 0.3) is 0 Å². The lowest BCUT2D eigenvalue weighted by atomic mass is 10.1. The van der Waals surface area contributed by atoms with Crippen molar-refractivity contribution in [3.63, 3.8) is 0 Å². The van der Waals surface area contributed by atoms with Gasteiger partial charge in [-0.1, -0.05) is 6.07 Å².